The van der Waals surface area contributed by atoms with E-state index in [2.05, 4.69) is 5.32 Å². The maximum absolute atomic E-state index is 14.0. The Kier molecular flexibility index (Phi) is 7.92. The molecule has 0 bridgehead atoms. The second-order valence-corrected chi connectivity index (χ2v) is 7.80. The lowest BCUT2D eigenvalue weighted by atomic mass is 9.92. The Balaban J connectivity index is 1.54. The van der Waals surface area contributed by atoms with Crippen molar-refractivity contribution in [3.8, 4) is 17.2 Å². The van der Waals surface area contributed by atoms with E-state index in [1.165, 1.54) is 19.2 Å². The minimum Gasteiger partial charge on any atom is -0.497 e. The Morgan fingerprint density at radius 1 is 1.06 bits per heavy atom. The van der Waals surface area contributed by atoms with Crippen molar-refractivity contribution in [3.63, 3.8) is 0 Å². The Morgan fingerprint density at radius 3 is 2.41 bits per heavy atom. The molecule has 1 heterocycles. The van der Waals surface area contributed by atoms with Gasteiger partial charge in [0.15, 0.2) is 11.6 Å². The van der Waals surface area contributed by atoms with Gasteiger partial charge in [-0.3, -0.25) is 9.59 Å². The zero-order valence-electron chi connectivity index (χ0n) is 18.7. The van der Waals surface area contributed by atoms with Crippen LogP contribution >= 0.6 is 0 Å². The fourth-order valence-electron chi connectivity index (χ4n) is 3.91. The first-order valence-corrected chi connectivity index (χ1v) is 10.6. The molecule has 172 valence electrons. The molecule has 0 spiro atoms. The van der Waals surface area contributed by atoms with Crippen molar-refractivity contribution >= 4 is 17.5 Å². The molecule has 1 unspecified atom stereocenters. The summed E-state index contributed by atoms with van der Waals surface area (Å²) in [7, 11) is 4.49. The van der Waals surface area contributed by atoms with Crippen molar-refractivity contribution in [3.05, 3.63) is 47.8 Å². The van der Waals surface area contributed by atoms with Crippen LogP contribution in [-0.4, -0.2) is 51.1 Å². The van der Waals surface area contributed by atoms with E-state index in [4.69, 9.17) is 14.2 Å². The Bertz CT molecular complexity index is 943. The lowest BCUT2D eigenvalue weighted by Crippen LogP contribution is -2.40. The van der Waals surface area contributed by atoms with Crippen LogP contribution in [0.4, 0.5) is 10.1 Å². The first-order valence-electron chi connectivity index (χ1n) is 10.6. The quantitative estimate of drug-likeness (QED) is 0.663. The number of hydrogen-bond acceptors (Lipinski definition) is 5. The van der Waals surface area contributed by atoms with E-state index in [0.717, 1.165) is 12.8 Å². The number of amides is 2. The molecule has 2 amide bonds. The van der Waals surface area contributed by atoms with E-state index in [9.17, 15) is 14.0 Å². The van der Waals surface area contributed by atoms with E-state index in [-0.39, 0.29) is 23.5 Å². The molecule has 2 aromatic carbocycles. The summed E-state index contributed by atoms with van der Waals surface area (Å²) in [5.74, 6) is 0.633. The maximum atomic E-state index is 14.0. The van der Waals surface area contributed by atoms with Crippen molar-refractivity contribution in [2.24, 2.45) is 5.92 Å². The SMILES string of the molecule is COc1cc(NC(=O)CCC2CCCN(C(=O)c3ccc(OC)c(F)c3)C2)cc(OC)c1. The summed E-state index contributed by atoms with van der Waals surface area (Å²) in [4.78, 5) is 27.0. The van der Waals surface area contributed by atoms with Gasteiger partial charge < -0.3 is 24.4 Å². The topological polar surface area (TPSA) is 77.1 Å². The number of carbonyl (C=O) groups excluding carboxylic acids is 2. The average molecular weight is 445 g/mol. The monoisotopic (exact) mass is 444 g/mol. The molecule has 0 radical (unpaired) electrons. The standard InChI is InChI=1S/C24H29FN2O5/c1-30-19-12-18(13-20(14-19)31-2)26-23(28)9-6-16-5-4-10-27(15-16)24(29)17-7-8-22(32-3)21(25)11-17/h7-8,11-14,16H,4-6,9-10,15H2,1-3H3,(H,26,28). The molecule has 1 aliphatic rings. The molecule has 1 N–H and O–H groups in total. The number of ether oxygens (including phenoxy) is 3. The van der Waals surface area contributed by atoms with Crippen LogP contribution < -0.4 is 19.5 Å². The summed E-state index contributed by atoms with van der Waals surface area (Å²) in [5.41, 5.74) is 0.904. The van der Waals surface area contributed by atoms with Gasteiger partial charge in [-0.15, -0.1) is 0 Å². The minimum absolute atomic E-state index is 0.109. The number of piperidine rings is 1. The van der Waals surface area contributed by atoms with Gasteiger partial charge in [0.1, 0.15) is 11.5 Å². The van der Waals surface area contributed by atoms with Crippen LogP contribution in [0.15, 0.2) is 36.4 Å². The van der Waals surface area contributed by atoms with Crippen LogP contribution in [0.1, 0.15) is 36.0 Å². The molecular weight excluding hydrogens is 415 g/mol. The summed E-state index contributed by atoms with van der Waals surface area (Å²) < 4.78 is 29.3. The van der Waals surface area contributed by atoms with Crippen LogP contribution in [0, 0.1) is 11.7 Å². The number of hydrogen-bond donors (Lipinski definition) is 1. The van der Waals surface area contributed by atoms with Crippen molar-refractivity contribution in [2.45, 2.75) is 25.7 Å². The summed E-state index contributed by atoms with van der Waals surface area (Å²) in [5, 5.41) is 2.87. The smallest absolute Gasteiger partial charge is 0.253 e. The molecule has 2 aromatic rings. The molecular formula is C24H29FN2O5. The van der Waals surface area contributed by atoms with E-state index >= 15 is 0 Å². The third-order valence-corrected chi connectivity index (χ3v) is 5.62. The number of carbonyl (C=O) groups is 2. The third-order valence-electron chi connectivity index (χ3n) is 5.62. The van der Waals surface area contributed by atoms with E-state index < -0.39 is 5.82 Å². The number of nitrogens with zero attached hydrogens (tertiary/aromatic N) is 1. The Morgan fingerprint density at radius 2 is 1.78 bits per heavy atom. The molecule has 0 saturated carbocycles. The fraction of sp³-hybridized carbons (Fsp3) is 0.417. The normalized spacial score (nSPS) is 15.8. The minimum atomic E-state index is -0.558. The predicted molar refractivity (Wildman–Crippen MR) is 119 cm³/mol. The predicted octanol–water partition coefficient (Wildman–Crippen LogP) is 4.12. The van der Waals surface area contributed by atoms with Gasteiger partial charge in [0.25, 0.3) is 5.91 Å². The van der Waals surface area contributed by atoms with Crippen LogP contribution in [0.5, 0.6) is 17.2 Å². The first kappa shape index (κ1) is 23.4. The van der Waals surface area contributed by atoms with Gasteiger partial charge >= 0.3 is 0 Å². The number of halogens is 1. The van der Waals surface area contributed by atoms with Gasteiger partial charge in [0, 0.05) is 49.0 Å². The number of anilines is 1. The zero-order valence-corrected chi connectivity index (χ0v) is 18.7. The van der Waals surface area contributed by atoms with Gasteiger partial charge in [-0.25, -0.2) is 4.39 Å². The highest BCUT2D eigenvalue weighted by Gasteiger charge is 2.25. The van der Waals surface area contributed by atoms with Crippen molar-refractivity contribution in [1.29, 1.82) is 0 Å². The second-order valence-electron chi connectivity index (χ2n) is 7.80. The van der Waals surface area contributed by atoms with Crippen LogP contribution in [-0.2, 0) is 4.79 Å². The van der Waals surface area contributed by atoms with Crippen LogP contribution in [0.2, 0.25) is 0 Å². The lowest BCUT2D eigenvalue weighted by Gasteiger charge is -2.33. The number of nitrogens with one attached hydrogen (secondary N) is 1. The van der Waals surface area contributed by atoms with Crippen molar-refractivity contribution in [1.82, 2.24) is 4.90 Å². The maximum Gasteiger partial charge on any atom is 0.253 e. The third kappa shape index (κ3) is 5.90. The van der Waals surface area contributed by atoms with E-state index in [0.29, 0.717) is 48.7 Å². The van der Waals surface area contributed by atoms with Gasteiger partial charge in [0.2, 0.25) is 5.91 Å². The molecule has 0 aromatic heterocycles. The van der Waals surface area contributed by atoms with E-state index in [1.807, 2.05) is 0 Å². The summed E-state index contributed by atoms with van der Waals surface area (Å²) in [6.45, 7) is 1.17. The number of benzene rings is 2. The highest BCUT2D eigenvalue weighted by atomic mass is 19.1. The highest BCUT2D eigenvalue weighted by Crippen LogP contribution is 2.27. The average Bonchev–Trinajstić information content (AvgIpc) is 2.82. The molecule has 1 atom stereocenters. The van der Waals surface area contributed by atoms with E-state index in [1.54, 1.807) is 43.4 Å². The molecule has 1 fully saturated rings. The first-order chi connectivity index (χ1) is 15.4. The summed E-state index contributed by atoms with van der Waals surface area (Å²) in [6, 6.07) is 9.44. The highest BCUT2D eigenvalue weighted by molar-refractivity contribution is 5.94. The Hall–Kier alpha value is -3.29. The Labute approximate surface area is 187 Å². The van der Waals surface area contributed by atoms with Gasteiger partial charge in [-0.2, -0.15) is 0 Å². The van der Waals surface area contributed by atoms with Crippen molar-refractivity contribution < 1.29 is 28.2 Å². The number of rotatable bonds is 8. The number of methoxy groups -OCH3 is 3. The largest absolute Gasteiger partial charge is 0.497 e. The molecule has 0 aliphatic carbocycles. The number of likely N-dealkylation sites (tertiary alicyclic amines) is 1. The van der Waals surface area contributed by atoms with Gasteiger partial charge in [-0.05, 0) is 43.4 Å². The fourth-order valence-corrected chi connectivity index (χ4v) is 3.91. The molecule has 1 saturated heterocycles. The van der Waals surface area contributed by atoms with Gasteiger partial charge in [0.05, 0.1) is 21.3 Å². The van der Waals surface area contributed by atoms with Crippen LogP contribution in [0.3, 0.4) is 0 Å². The van der Waals surface area contributed by atoms with Crippen molar-refractivity contribution in [2.75, 3.05) is 39.7 Å². The molecule has 7 nitrogen and oxygen atoms in total. The molecule has 1 aliphatic heterocycles. The molecule has 3 rings (SSSR count). The molecule has 8 heteroatoms. The van der Waals surface area contributed by atoms with Crippen LogP contribution in [0.25, 0.3) is 0 Å². The molecule has 32 heavy (non-hydrogen) atoms. The summed E-state index contributed by atoms with van der Waals surface area (Å²) >= 11 is 0. The zero-order chi connectivity index (χ0) is 23.1. The second kappa shape index (κ2) is 10.8. The summed E-state index contributed by atoms with van der Waals surface area (Å²) in [6.07, 6.45) is 2.79. The van der Waals surface area contributed by atoms with Gasteiger partial charge in [-0.1, -0.05) is 0 Å². The lowest BCUT2D eigenvalue weighted by molar-refractivity contribution is -0.116.